The van der Waals surface area contributed by atoms with E-state index in [1.165, 1.54) is 0 Å². The second-order valence-corrected chi connectivity index (χ2v) is 6.10. The molecule has 0 saturated heterocycles. The molecule has 0 aliphatic carbocycles. The van der Waals surface area contributed by atoms with Crippen LogP contribution in [0.15, 0.2) is 28.7 Å². The zero-order valence-electron chi connectivity index (χ0n) is 11.1. The summed E-state index contributed by atoms with van der Waals surface area (Å²) in [5.74, 6) is 0.956. The van der Waals surface area contributed by atoms with Gasteiger partial charge in [-0.25, -0.2) is 0 Å². The second-order valence-electron chi connectivity index (χ2n) is 5.19. The van der Waals surface area contributed by atoms with Gasteiger partial charge in [-0.05, 0) is 30.0 Å². The molecule has 17 heavy (non-hydrogen) atoms. The molecule has 0 aliphatic rings. The van der Waals surface area contributed by atoms with Gasteiger partial charge in [-0.2, -0.15) is 0 Å². The molecule has 0 unspecified atom stereocenters. The number of hydrogen-bond donors (Lipinski definition) is 2. The van der Waals surface area contributed by atoms with Crippen LogP contribution in [0.1, 0.15) is 27.7 Å². The lowest BCUT2D eigenvalue weighted by atomic mass is 9.76. The van der Waals surface area contributed by atoms with Crippen LogP contribution >= 0.6 is 15.9 Å². The molecule has 0 atom stereocenters. The Labute approximate surface area is 113 Å². The molecule has 0 amide bonds. The maximum Gasteiger partial charge on any atom is 0.0541 e. The van der Waals surface area contributed by atoms with Crippen LogP contribution in [0.4, 0.5) is 5.69 Å². The van der Waals surface area contributed by atoms with Crippen LogP contribution in [0.5, 0.6) is 0 Å². The number of nitrogens with two attached hydrogens (primary N) is 1. The van der Waals surface area contributed by atoms with E-state index in [0.29, 0.717) is 18.4 Å². The fourth-order valence-corrected chi connectivity index (χ4v) is 2.71. The summed E-state index contributed by atoms with van der Waals surface area (Å²) in [5, 5.41) is 3.63. The summed E-state index contributed by atoms with van der Waals surface area (Å²) in [5.41, 5.74) is 7.08. The molecule has 96 valence electrons. The van der Waals surface area contributed by atoms with Gasteiger partial charge in [-0.3, -0.25) is 0 Å². The van der Waals surface area contributed by atoms with E-state index in [1.807, 2.05) is 12.1 Å². The third kappa shape index (κ3) is 3.23. The van der Waals surface area contributed by atoms with Crippen molar-refractivity contribution in [3.63, 3.8) is 0 Å². The molecule has 0 radical (unpaired) electrons. The summed E-state index contributed by atoms with van der Waals surface area (Å²) in [6, 6.07) is 8.24. The minimum absolute atomic E-state index is 0.0548. The average molecular weight is 299 g/mol. The van der Waals surface area contributed by atoms with Gasteiger partial charge in [-0.1, -0.05) is 49.7 Å². The summed E-state index contributed by atoms with van der Waals surface area (Å²) >= 11 is 3.49. The number of rotatable bonds is 5. The molecule has 0 aliphatic heterocycles. The molecule has 2 nitrogen and oxygen atoms in total. The van der Waals surface area contributed by atoms with Crippen molar-refractivity contribution in [1.82, 2.24) is 0 Å². The number of nitrogens with one attached hydrogen (secondary N) is 1. The first-order valence-electron chi connectivity index (χ1n) is 6.16. The molecule has 0 heterocycles. The second kappa shape index (κ2) is 5.87. The largest absolute Gasteiger partial charge is 0.378 e. The van der Waals surface area contributed by atoms with Gasteiger partial charge in [-0.15, -0.1) is 0 Å². The van der Waals surface area contributed by atoms with Crippen LogP contribution in [-0.4, -0.2) is 12.1 Å². The van der Waals surface area contributed by atoms with Gasteiger partial charge in [0.05, 0.1) is 5.54 Å². The minimum atomic E-state index is -0.0548. The predicted molar refractivity (Wildman–Crippen MR) is 79.2 cm³/mol. The fourth-order valence-electron chi connectivity index (χ4n) is 2.31. The van der Waals surface area contributed by atoms with Crippen molar-refractivity contribution in [2.75, 3.05) is 11.9 Å². The molecule has 3 heteroatoms. The summed E-state index contributed by atoms with van der Waals surface area (Å²) in [6.45, 7) is 9.51. The highest BCUT2D eigenvalue weighted by Crippen LogP contribution is 2.30. The molecule has 0 spiro atoms. The zero-order chi connectivity index (χ0) is 13.1. The van der Waals surface area contributed by atoms with Crippen molar-refractivity contribution in [3.8, 4) is 0 Å². The summed E-state index contributed by atoms with van der Waals surface area (Å²) in [4.78, 5) is 0. The van der Waals surface area contributed by atoms with Gasteiger partial charge in [0, 0.05) is 16.7 Å². The van der Waals surface area contributed by atoms with Crippen LogP contribution in [0.25, 0.3) is 0 Å². The fraction of sp³-hybridized carbons (Fsp3) is 0.571. The van der Waals surface area contributed by atoms with Crippen LogP contribution in [0.2, 0.25) is 0 Å². The Balaban J connectivity index is 3.01. The van der Waals surface area contributed by atoms with Gasteiger partial charge < -0.3 is 11.1 Å². The Kier molecular flexibility index (Phi) is 5.02. The van der Waals surface area contributed by atoms with Gasteiger partial charge in [0.25, 0.3) is 0 Å². The monoisotopic (exact) mass is 298 g/mol. The van der Waals surface area contributed by atoms with Crippen molar-refractivity contribution in [1.29, 1.82) is 0 Å². The van der Waals surface area contributed by atoms with E-state index in [9.17, 15) is 0 Å². The lowest BCUT2D eigenvalue weighted by molar-refractivity contribution is 0.261. The Morgan fingerprint density at radius 3 is 2.24 bits per heavy atom. The van der Waals surface area contributed by atoms with Crippen LogP contribution in [0.3, 0.4) is 0 Å². The zero-order valence-corrected chi connectivity index (χ0v) is 12.7. The quantitative estimate of drug-likeness (QED) is 0.866. The molecular weight excluding hydrogens is 276 g/mol. The molecule has 0 aromatic heterocycles. The molecule has 3 N–H and O–H groups in total. The highest BCUT2D eigenvalue weighted by Gasteiger charge is 2.35. The highest BCUT2D eigenvalue weighted by atomic mass is 79.9. The summed E-state index contributed by atoms with van der Waals surface area (Å²) in [6.07, 6.45) is 0. The normalized spacial score (nSPS) is 12.2. The van der Waals surface area contributed by atoms with Crippen molar-refractivity contribution in [2.45, 2.75) is 33.2 Å². The Morgan fingerprint density at radius 1 is 1.24 bits per heavy atom. The van der Waals surface area contributed by atoms with E-state index < -0.39 is 0 Å². The number of halogens is 1. The molecule has 1 aromatic rings. The number of anilines is 1. The molecular formula is C14H23BrN2. The number of benzene rings is 1. The lowest BCUT2D eigenvalue weighted by Gasteiger charge is -2.42. The minimum Gasteiger partial charge on any atom is -0.378 e. The molecule has 1 aromatic carbocycles. The Morgan fingerprint density at radius 2 is 1.82 bits per heavy atom. The van der Waals surface area contributed by atoms with Gasteiger partial charge in [0.15, 0.2) is 0 Å². The maximum absolute atomic E-state index is 6.02. The summed E-state index contributed by atoms with van der Waals surface area (Å²) in [7, 11) is 0. The molecule has 0 saturated carbocycles. The Bertz CT molecular complexity index is 353. The molecule has 0 fully saturated rings. The third-order valence-corrected chi connectivity index (χ3v) is 4.09. The topological polar surface area (TPSA) is 38.0 Å². The van der Waals surface area contributed by atoms with Crippen molar-refractivity contribution >= 4 is 21.6 Å². The van der Waals surface area contributed by atoms with E-state index in [0.717, 1.165) is 10.2 Å². The van der Waals surface area contributed by atoms with E-state index in [2.05, 4.69) is 61.1 Å². The van der Waals surface area contributed by atoms with Gasteiger partial charge in [0.2, 0.25) is 0 Å². The Hall–Kier alpha value is -0.540. The van der Waals surface area contributed by atoms with E-state index in [-0.39, 0.29) is 5.54 Å². The first kappa shape index (κ1) is 14.5. The first-order valence-corrected chi connectivity index (χ1v) is 6.95. The first-order chi connectivity index (χ1) is 7.92. The number of hydrogen-bond acceptors (Lipinski definition) is 2. The summed E-state index contributed by atoms with van der Waals surface area (Å²) < 4.78 is 1.08. The molecule has 0 bridgehead atoms. The van der Waals surface area contributed by atoms with Crippen molar-refractivity contribution in [2.24, 2.45) is 17.6 Å². The average Bonchev–Trinajstić information content (AvgIpc) is 2.25. The van der Waals surface area contributed by atoms with Crippen LogP contribution in [-0.2, 0) is 0 Å². The SMILES string of the molecule is CC(C)C(CN)(Nc1cccc(Br)c1)C(C)C. The lowest BCUT2D eigenvalue weighted by Crippen LogP contribution is -2.54. The third-order valence-electron chi connectivity index (χ3n) is 3.60. The van der Waals surface area contributed by atoms with Crippen molar-refractivity contribution < 1.29 is 0 Å². The van der Waals surface area contributed by atoms with Crippen LogP contribution < -0.4 is 11.1 Å². The van der Waals surface area contributed by atoms with Gasteiger partial charge >= 0.3 is 0 Å². The maximum atomic E-state index is 6.02. The predicted octanol–water partition coefficient (Wildman–Crippen LogP) is 3.87. The van der Waals surface area contributed by atoms with Crippen molar-refractivity contribution in [3.05, 3.63) is 28.7 Å². The van der Waals surface area contributed by atoms with E-state index >= 15 is 0 Å². The van der Waals surface area contributed by atoms with Gasteiger partial charge in [0.1, 0.15) is 0 Å². The van der Waals surface area contributed by atoms with E-state index in [1.54, 1.807) is 0 Å². The smallest absolute Gasteiger partial charge is 0.0541 e. The molecule has 1 rings (SSSR count). The van der Waals surface area contributed by atoms with E-state index in [4.69, 9.17) is 5.73 Å². The highest BCUT2D eigenvalue weighted by molar-refractivity contribution is 9.10. The van der Waals surface area contributed by atoms with Crippen LogP contribution in [0, 0.1) is 11.8 Å². The standard InChI is InChI=1S/C14H23BrN2/c1-10(2)14(9-16,11(3)4)17-13-7-5-6-12(15)8-13/h5-8,10-11,17H,9,16H2,1-4H3.